The summed E-state index contributed by atoms with van der Waals surface area (Å²) >= 11 is 11.3. The van der Waals surface area contributed by atoms with Crippen LogP contribution in [0.5, 0.6) is 0 Å². The number of halogens is 2. The number of amides is 1. The van der Waals surface area contributed by atoms with Gasteiger partial charge in [0.25, 0.3) is 5.69 Å². The van der Waals surface area contributed by atoms with E-state index in [-0.39, 0.29) is 21.3 Å². The lowest BCUT2D eigenvalue weighted by molar-refractivity contribution is -0.385. The zero-order valence-corrected chi connectivity index (χ0v) is 9.33. The first-order valence-corrected chi connectivity index (χ1v) is 4.78. The summed E-state index contributed by atoms with van der Waals surface area (Å²) in [6, 6.07) is 2.41. The third-order valence-corrected chi connectivity index (χ3v) is 2.42. The van der Waals surface area contributed by atoms with Gasteiger partial charge in [-0.1, -0.05) is 23.2 Å². The van der Waals surface area contributed by atoms with Gasteiger partial charge in [0.15, 0.2) is 0 Å². The number of nitro groups is 1. The first-order chi connectivity index (χ1) is 7.41. The molecule has 0 aliphatic carbocycles. The zero-order chi connectivity index (χ0) is 12.3. The summed E-state index contributed by atoms with van der Waals surface area (Å²) in [6.45, 7) is 0. The standard InChI is InChI=1S/C9H6Cl2N2O3/c10-6-3-5(1-2-9(12)14)8(13(15)16)4-7(6)11/h1-4H,(H2,12,14). The fraction of sp³-hybridized carbons (Fsp3) is 0. The Morgan fingerprint density at radius 1 is 1.38 bits per heavy atom. The van der Waals surface area contributed by atoms with Crippen LogP contribution in [0.25, 0.3) is 6.08 Å². The molecule has 0 fully saturated rings. The number of benzene rings is 1. The molecule has 0 heterocycles. The number of carbonyl (C=O) groups is 1. The number of nitrogens with zero attached hydrogens (tertiary/aromatic N) is 1. The fourth-order valence-corrected chi connectivity index (χ4v) is 1.35. The van der Waals surface area contributed by atoms with Crippen LogP contribution in [0.2, 0.25) is 10.0 Å². The molecule has 84 valence electrons. The highest BCUT2D eigenvalue weighted by atomic mass is 35.5. The van der Waals surface area contributed by atoms with E-state index in [1.165, 1.54) is 12.1 Å². The Morgan fingerprint density at radius 3 is 2.44 bits per heavy atom. The van der Waals surface area contributed by atoms with Gasteiger partial charge in [-0.2, -0.15) is 0 Å². The quantitative estimate of drug-likeness (QED) is 0.514. The van der Waals surface area contributed by atoms with Crippen LogP contribution < -0.4 is 5.73 Å². The highest BCUT2D eigenvalue weighted by Gasteiger charge is 2.14. The molecule has 1 amide bonds. The maximum Gasteiger partial charge on any atom is 0.278 e. The van der Waals surface area contributed by atoms with Crippen LogP contribution >= 0.6 is 23.2 Å². The van der Waals surface area contributed by atoms with Crippen molar-refractivity contribution in [2.24, 2.45) is 5.73 Å². The monoisotopic (exact) mass is 260 g/mol. The first-order valence-electron chi connectivity index (χ1n) is 4.02. The van der Waals surface area contributed by atoms with Gasteiger partial charge in [0.05, 0.1) is 20.5 Å². The van der Waals surface area contributed by atoms with Crippen molar-refractivity contribution in [3.63, 3.8) is 0 Å². The molecule has 0 aliphatic rings. The number of carbonyl (C=O) groups excluding carboxylic acids is 1. The molecule has 1 aromatic carbocycles. The highest BCUT2D eigenvalue weighted by molar-refractivity contribution is 6.42. The second-order valence-electron chi connectivity index (χ2n) is 2.82. The summed E-state index contributed by atoms with van der Waals surface area (Å²) in [5.41, 5.74) is 4.80. The molecule has 0 spiro atoms. The van der Waals surface area contributed by atoms with Crippen molar-refractivity contribution in [3.05, 3.63) is 43.9 Å². The van der Waals surface area contributed by atoms with Crippen LogP contribution in [0.4, 0.5) is 5.69 Å². The van der Waals surface area contributed by atoms with E-state index in [2.05, 4.69) is 0 Å². The van der Waals surface area contributed by atoms with E-state index in [4.69, 9.17) is 28.9 Å². The molecule has 0 saturated carbocycles. The topological polar surface area (TPSA) is 86.2 Å². The van der Waals surface area contributed by atoms with Gasteiger partial charge in [-0.25, -0.2) is 0 Å². The maximum atomic E-state index is 10.7. The second-order valence-corrected chi connectivity index (χ2v) is 3.63. The van der Waals surface area contributed by atoms with Crippen molar-refractivity contribution in [2.45, 2.75) is 0 Å². The Labute approximate surface area is 101 Å². The molecule has 0 aromatic heterocycles. The van der Waals surface area contributed by atoms with E-state index >= 15 is 0 Å². The van der Waals surface area contributed by atoms with Gasteiger partial charge in [0.1, 0.15) is 0 Å². The van der Waals surface area contributed by atoms with Crippen molar-refractivity contribution in [3.8, 4) is 0 Å². The third kappa shape index (κ3) is 2.95. The first kappa shape index (κ1) is 12.5. The molecule has 16 heavy (non-hydrogen) atoms. The molecule has 0 unspecified atom stereocenters. The minimum atomic E-state index is -0.708. The normalized spacial score (nSPS) is 10.6. The molecule has 0 bridgehead atoms. The van der Waals surface area contributed by atoms with Crippen molar-refractivity contribution < 1.29 is 9.72 Å². The highest BCUT2D eigenvalue weighted by Crippen LogP contribution is 2.31. The number of nitro benzene ring substituents is 1. The van der Waals surface area contributed by atoms with Gasteiger partial charge in [-0.15, -0.1) is 0 Å². The van der Waals surface area contributed by atoms with Gasteiger partial charge >= 0.3 is 0 Å². The summed E-state index contributed by atoms with van der Waals surface area (Å²) < 4.78 is 0. The molecule has 0 saturated heterocycles. The lowest BCUT2D eigenvalue weighted by Gasteiger charge is -2.00. The number of nitrogens with two attached hydrogens (primary N) is 1. The van der Waals surface area contributed by atoms with Crippen molar-refractivity contribution in [1.29, 1.82) is 0 Å². The predicted molar refractivity (Wildman–Crippen MR) is 61.3 cm³/mol. The van der Waals surface area contributed by atoms with Gasteiger partial charge in [0, 0.05) is 12.1 Å². The van der Waals surface area contributed by atoms with Crippen LogP contribution in [-0.2, 0) is 4.79 Å². The van der Waals surface area contributed by atoms with Crippen molar-refractivity contribution in [1.82, 2.24) is 0 Å². The Kier molecular flexibility index (Phi) is 3.87. The van der Waals surface area contributed by atoms with E-state index in [1.807, 2.05) is 0 Å². The Balaban J connectivity index is 3.30. The Morgan fingerprint density at radius 2 is 1.94 bits per heavy atom. The summed E-state index contributed by atoms with van der Waals surface area (Å²) in [5.74, 6) is -0.708. The van der Waals surface area contributed by atoms with E-state index < -0.39 is 10.8 Å². The molecule has 1 aromatic rings. The summed E-state index contributed by atoms with van der Waals surface area (Å²) in [7, 11) is 0. The Hall–Kier alpha value is -1.59. The lowest BCUT2D eigenvalue weighted by Crippen LogP contribution is -2.05. The molecule has 0 atom stereocenters. The molecular weight excluding hydrogens is 255 g/mol. The number of hydrogen-bond donors (Lipinski definition) is 1. The summed E-state index contributed by atoms with van der Waals surface area (Å²) in [6.07, 6.45) is 2.22. The zero-order valence-electron chi connectivity index (χ0n) is 7.81. The Bertz CT molecular complexity index is 486. The maximum absolute atomic E-state index is 10.7. The van der Waals surface area contributed by atoms with E-state index in [0.29, 0.717) is 0 Å². The third-order valence-electron chi connectivity index (χ3n) is 1.69. The average Bonchev–Trinajstić information content (AvgIpc) is 2.18. The smallest absolute Gasteiger partial charge is 0.278 e. The van der Waals surface area contributed by atoms with Gasteiger partial charge in [-0.3, -0.25) is 14.9 Å². The predicted octanol–water partition coefficient (Wildman–Crippen LogP) is 2.40. The molecule has 0 radical (unpaired) electrons. The minimum absolute atomic E-state index is 0.0737. The molecule has 7 heteroatoms. The molecule has 5 nitrogen and oxygen atoms in total. The minimum Gasteiger partial charge on any atom is -0.366 e. The summed E-state index contributed by atoms with van der Waals surface area (Å²) in [5, 5.41) is 10.9. The molecule has 1 rings (SSSR count). The van der Waals surface area contributed by atoms with E-state index in [0.717, 1.165) is 12.1 Å². The van der Waals surface area contributed by atoms with E-state index in [9.17, 15) is 14.9 Å². The second kappa shape index (κ2) is 4.96. The molecule has 0 aliphatic heterocycles. The van der Waals surface area contributed by atoms with Gasteiger partial charge in [-0.05, 0) is 12.1 Å². The fourth-order valence-electron chi connectivity index (χ4n) is 1.02. The summed E-state index contributed by atoms with van der Waals surface area (Å²) in [4.78, 5) is 20.6. The van der Waals surface area contributed by atoms with Crippen LogP contribution in [0.1, 0.15) is 5.56 Å². The number of rotatable bonds is 3. The largest absolute Gasteiger partial charge is 0.366 e. The van der Waals surface area contributed by atoms with Gasteiger partial charge in [0.2, 0.25) is 5.91 Å². The molecule has 2 N–H and O–H groups in total. The average molecular weight is 261 g/mol. The SMILES string of the molecule is NC(=O)C=Cc1cc(Cl)c(Cl)cc1[N+](=O)[O-]. The van der Waals surface area contributed by atoms with Gasteiger partial charge < -0.3 is 5.73 Å². The number of primary amides is 1. The van der Waals surface area contributed by atoms with Crippen LogP contribution in [-0.4, -0.2) is 10.8 Å². The number of hydrogen-bond acceptors (Lipinski definition) is 3. The van der Waals surface area contributed by atoms with E-state index in [1.54, 1.807) is 0 Å². The van der Waals surface area contributed by atoms with Crippen LogP contribution in [0, 0.1) is 10.1 Å². The van der Waals surface area contributed by atoms with Crippen molar-refractivity contribution in [2.75, 3.05) is 0 Å². The lowest BCUT2D eigenvalue weighted by atomic mass is 10.1. The van der Waals surface area contributed by atoms with Crippen LogP contribution in [0.3, 0.4) is 0 Å². The molecular formula is C9H6Cl2N2O3. The van der Waals surface area contributed by atoms with Crippen molar-refractivity contribution >= 4 is 40.9 Å². The van der Waals surface area contributed by atoms with Crippen LogP contribution in [0.15, 0.2) is 18.2 Å².